The summed E-state index contributed by atoms with van der Waals surface area (Å²) in [5, 5.41) is 10.1. The lowest BCUT2D eigenvalue weighted by molar-refractivity contribution is 0.0591. The molecule has 32 heavy (non-hydrogen) atoms. The van der Waals surface area contributed by atoms with Crippen LogP contribution in [0, 0.1) is 25.2 Å². The first-order valence-corrected chi connectivity index (χ1v) is 11.8. The number of nitrogens with zero attached hydrogens (tertiary/aromatic N) is 4. The van der Waals surface area contributed by atoms with Crippen LogP contribution in [0.1, 0.15) is 34.0 Å². The average Bonchev–Trinajstić information content (AvgIpc) is 2.77. The molecule has 1 aliphatic heterocycles. The van der Waals surface area contributed by atoms with Crippen molar-refractivity contribution >= 4 is 26.8 Å². The van der Waals surface area contributed by atoms with Gasteiger partial charge < -0.3 is 4.90 Å². The number of carbonyl (C=O) groups is 1. The first-order chi connectivity index (χ1) is 15.2. The summed E-state index contributed by atoms with van der Waals surface area (Å²) >= 11 is 0. The lowest BCUT2D eigenvalue weighted by atomic mass is 10.1. The molecule has 3 aromatic rings. The Kier molecular flexibility index (Phi) is 5.71. The molecule has 164 valence electrons. The standard InChI is InChI=1S/C24H24N4O3S/c1-16-11-19(14-25)12-17(2)23(16)32(30,31)27-9-10-28(18(3)15-27)24(29)21-7-6-20-5-4-8-26-22(20)13-21/h4-8,11-13,18H,9-10,15H2,1-3H3/t18-/m0/s1. The van der Waals surface area contributed by atoms with Gasteiger partial charge in [-0.3, -0.25) is 9.78 Å². The van der Waals surface area contributed by atoms with E-state index in [2.05, 4.69) is 11.1 Å². The van der Waals surface area contributed by atoms with Crippen molar-refractivity contribution in [3.8, 4) is 6.07 Å². The third-order valence-electron chi connectivity index (χ3n) is 5.89. The minimum Gasteiger partial charge on any atom is -0.333 e. The van der Waals surface area contributed by atoms with Crippen molar-refractivity contribution in [3.63, 3.8) is 0 Å². The van der Waals surface area contributed by atoms with Crippen molar-refractivity contribution in [3.05, 3.63) is 70.9 Å². The smallest absolute Gasteiger partial charge is 0.254 e. The molecule has 2 heterocycles. The highest BCUT2D eigenvalue weighted by atomic mass is 32.2. The molecule has 0 aliphatic carbocycles. The van der Waals surface area contributed by atoms with Gasteiger partial charge in [-0.15, -0.1) is 0 Å². The number of sulfonamides is 1. The summed E-state index contributed by atoms with van der Waals surface area (Å²) in [7, 11) is -3.75. The van der Waals surface area contributed by atoms with Crippen molar-refractivity contribution in [2.75, 3.05) is 19.6 Å². The van der Waals surface area contributed by atoms with Gasteiger partial charge in [0.15, 0.2) is 0 Å². The summed E-state index contributed by atoms with van der Waals surface area (Å²) in [6, 6.07) is 14.2. The molecule has 1 amide bonds. The third-order valence-corrected chi connectivity index (χ3v) is 8.06. The SMILES string of the molecule is Cc1cc(C#N)cc(C)c1S(=O)(=O)N1CCN(C(=O)c2ccc3cccnc3c2)[C@@H](C)C1. The van der Waals surface area contributed by atoms with E-state index in [1.807, 2.05) is 25.1 Å². The highest BCUT2D eigenvalue weighted by Crippen LogP contribution is 2.27. The summed E-state index contributed by atoms with van der Waals surface area (Å²) in [4.78, 5) is 19.4. The topological polar surface area (TPSA) is 94.4 Å². The second-order valence-corrected chi connectivity index (χ2v) is 10.0. The lowest BCUT2D eigenvalue weighted by Crippen LogP contribution is -2.55. The number of hydrogen-bond donors (Lipinski definition) is 0. The van der Waals surface area contributed by atoms with E-state index in [9.17, 15) is 13.2 Å². The molecular weight excluding hydrogens is 424 g/mol. The zero-order chi connectivity index (χ0) is 23.0. The molecule has 0 spiro atoms. The number of aromatic nitrogens is 1. The number of pyridine rings is 1. The van der Waals surface area contributed by atoms with Crippen LogP contribution in [-0.4, -0.2) is 54.2 Å². The Morgan fingerprint density at radius 3 is 2.50 bits per heavy atom. The number of amides is 1. The first kappa shape index (κ1) is 21.9. The van der Waals surface area contributed by atoms with Crippen LogP contribution < -0.4 is 0 Å². The van der Waals surface area contributed by atoms with E-state index in [4.69, 9.17) is 5.26 Å². The minimum atomic E-state index is -3.75. The molecular formula is C24H24N4O3S. The Balaban J connectivity index is 1.56. The highest BCUT2D eigenvalue weighted by Gasteiger charge is 2.36. The normalized spacial score (nSPS) is 17.3. The van der Waals surface area contributed by atoms with E-state index in [-0.39, 0.29) is 29.9 Å². The van der Waals surface area contributed by atoms with Crippen molar-refractivity contribution in [2.45, 2.75) is 31.7 Å². The van der Waals surface area contributed by atoms with Crippen molar-refractivity contribution in [1.29, 1.82) is 5.26 Å². The molecule has 1 aromatic heterocycles. The first-order valence-electron chi connectivity index (χ1n) is 10.4. The number of benzene rings is 2. The van der Waals surface area contributed by atoms with Gasteiger partial charge in [0.2, 0.25) is 10.0 Å². The largest absolute Gasteiger partial charge is 0.333 e. The van der Waals surface area contributed by atoms with Crippen LogP contribution in [0.3, 0.4) is 0 Å². The summed E-state index contributed by atoms with van der Waals surface area (Å²) < 4.78 is 28.2. The number of fused-ring (bicyclic) bond motifs is 1. The van der Waals surface area contributed by atoms with Crippen molar-refractivity contribution in [2.24, 2.45) is 0 Å². The predicted molar refractivity (Wildman–Crippen MR) is 122 cm³/mol. The molecule has 1 atom stereocenters. The maximum absolute atomic E-state index is 13.4. The predicted octanol–water partition coefficient (Wildman–Crippen LogP) is 3.26. The number of hydrogen-bond acceptors (Lipinski definition) is 5. The van der Waals surface area contributed by atoms with Crippen LogP contribution >= 0.6 is 0 Å². The third kappa shape index (κ3) is 3.85. The maximum Gasteiger partial charge on any atom is 0.254 e. The Hall–Kier alpha value is -3.28. The molecule has 1 aliphatic rings. The Labute approximate surface area is 188 Å². The van der Waals surface area contributed by atoms with Crippen LogP contribution in [0.5, 0.6) is 0 Å². The molecule has 0 saturated carbocycles. The fourth-order valence-electron chi connectivity index (χ4n) is 4.36. The van der Waals surface area contributed by atoms with Gasteiger partial charge in [-0.2, -0.15) is 9.57 Å². The summed E-state index contributed by atoms with van der Waals surface area (Å²) in [6.07, 6.45) is 1.69. The van der Waals surface area contributed by atoms with Crippen LogP contribution in [0.4, 0.5) is 0 Å². The van der Waals surface area contributed by atoms with Gasteiger partial charge in [-0.1, -0.05) is 12.1 Å². The van der Waals surface area contributed by atoms with E-state index in [0.29, 0.717) is 28.8 Å². The molecule has 0 bridgehead atoms. The van der Waals surface area contributed by atoms with Gasteiger partial charge in [0, 0.05) is 42.8 Å². The van der Waals surface area contributed by atoms with Gasteiger partial charge in [0.1, 0.15) is 0 Å². The summed E-state index contributed by atoms with van der Waals surface area (Å²) in [5.41, 5.74) is 2.83. The maximum atomic E-state index is 13.4. The van der Waals surface area contributed by atoms with Gasteiger partial charge in [0.05, 0.1) is 22.0 Å². The Morgan fingerprint density at radius 2 is 1.84 bits per heavy atom. The van der Waals surface area contributed by atoms with Gasteiger partial charge in [0.25, 0.3) is 5.91 Å². The second kappa shape index (κ2) is 8.34. The van der Waals surface area contributed by atoms with E-state index in [1.165, 1.54) is 4.31 Å². The van der Waals surface area contributed by atoms with Crippen molar-refractivity contribution in [1.82, 2.24) is 14.2 Å². The number of carbonyl (C=O) groups excluding carboxylic acids is 1. The molecule has 8 heteroatoms. The highest BCUT2D eigenvalue weighted by molar-refractivity contribution is 7.89. The fourth-order valence-corrected chi connectivity index (χ4v) is 6.28. The number of piperazine rings is 1. The van der Waals surface area contributed by atoms with Crippen LogP contribution in [-0.2, 0) is 10.0 Å². The molecule has 0 radical (unpaired) electrons. The summed E-state index contributed by atoms with van der Waals surface area (Å²) in [5.74, 6) is -0.132. The van der Waals surface area contributed by atoms with Gasteiger partial charge in [-0.25, -0.2) is 8.42 Å². The van der Waals surface area contributed by atoms with E-state index in [1.54, 1.807) is 49.2 Å². The van der Waals surface area contributed by atoms with Crippen molar-refractivity contribution < 1.29 is 13.2 Å². The number of aryl methyl sites for hydroxylation is 2. The summed E-state index contributed by atoms with van der Waals surface area (Å²) in [6.45, 7) is 5.99. The monoisotopic (exact) mass is 448 g/mol. The number of nitriles is 1. The van der Waals surface area contributed by atoms with Crippen LogP contribution in [0.2, 0.25) is 0 Å². The molecule has 1 fully saturated rings. The minimum absolute atomic E-state index is 0.132. The lowest BCUT2D eigenvalue weighted by Gasteiger charge is -2.39. The van der Waals surface area contributed by atoms with E-state index in [0.717, 1.165) is 10.9 Å². The second-order valence-electron chi connectivity index (χ2n) is 8.17. The molecule has 4 rings (SSSR count). The Bertz CT molecular complexity index is 1340. The van der Waals surface area contributed by atoms with Gasteiger partial charge in [-0.05, 0) is 62.2 Å². The van der Waals surface area contributed by atoms with Crippen LogP contribution in [0.15, 0.2) is 53.6 Å². The quantitative estimate of drug-likeness (QED) is 0.613. The van der Waals surface area contributed by atoms with Gasteiger partial charge >= 0.3 is 0 Å². The van der Waals surface area contributed by atoms with Crippen LogP contribution in [0.25, 0.3) is 10.9 Å². The molecule has 0 N–H and O–H groups in total. The Morgan fingerprint density at radius 1 is 1.12 bits per heavy atom. The molecule has 0 unspecified atom stereocenters. The zero-order valence-corrected chi connectivity index (χ0v) is 19.1. The fraction of sp³-hybridized carbons (Fsp3) is 0.292. The number of rotatable bonds is 3. The van der Waals surface area contributed by atoms with E-state index < -0.39 is 10.0 Å². The zero-order valence-electron chi connectivity index (χ0n) is 18.2. The van der Waals surface area contributed by atoms with E-state index >= 15 is 0 Å². The molecule has 1 saturated heterocycles. The molecule has 2 aromatic carbocycles. The average molecular weight is 449 g/mol. The molecule has 7 nitrogen and oxygen atoms in total.